The summed E-state index contributed by atoms with van der Waals surface area (Å²) < 4.78 is 15.2. The quantitative estimate of drug-likeness (QED) is 0.579. The van der Waals surface area contributed by atoms with Crippen molar-refractivity contribution in [1.82, 2.24) is 4.90 Å². The number of ether oxygens (including phenoxy) is 3. The van der Waals surface area contributed by atoms with E-state index in [0.717, 1.165) is 0 Å². The molecular formula is C9H17NO4. The molecule has 0 spiro atoms. The summed E-state index contributed by atoms with van der Waals surface area (Å²) >= 11 is 0. The summed E-state index contributed by atoms with van der Waals surface area (Å²) in [6.07, 6.45) is -0.327. The van der Waals surface area contributed by atoms with Gasteiger partial charge in [0.2, 0.25) is 0 Å². The Morgan fingerprint density at radius 3 is 2.36 bits per heavy atom. The van der Waals surface area contributed by atoms with Crippen LogP contribution in [0, 0.1) is 0 Å². The first kappa shape index (κ1) is 11.4. The molecule has 0 aromatic rings. The van der Waals surface area contributed by atoms with Crippen LogP contribution in [-0.2, 0) is 19.0 Å². The van der Waals surface area contributed by atoms with E-state index in [0.29, 0.717) is 6.54 Å². The van der Waals surface area contributed by atoms with Gasteiger partial charge in [-0.05, 0) is 7.05 Å². The fourth-order valence-electron chi connectivity index (χ4n) is 1.88. The number of likely N-dealkylation sites (tertiary alicyclic amines) is 1. The maximum atomic E-state index is 11.5. The molecule has 1 saturated heterocycles. The van der Waals surface area contributed by atoms with Crippen LogP contribution in [0.4, 0.5) is 0 Å². The lowest BCUT2D eigenvalue weighted by Crippen LogP contribution is -2.43. The number of nitrogens with zero attached hydrogens (tertiary/aromatic N) is 1. The number of methoxy groups -OCH3 is 3. The summed E-state index contributed by atoms with van der Waals surface area (Å²) in [6.45, 7) is 0.675. The molecule has 1 aliphatic heterocycles. The second kappa shape index (κ2) is 4.72. The zero-order chi connectivity index (χ0) is 10.7. The molecule has 0 amide bonds. The van der Waals surface area contributed by atoms with Crippen molar-refractivity contribution in [1.29, 1.82) is 0 Å². The molecular weight excluding hydrogens is 186 g/mol. The van der Waals surface area contributed by atoms with Crippen molar-refractivity contribution in [3.8, 4) is 0 Å². The molecule has 3 unspecified atom stereocenters. The Hall–Kier alpha value is -0.650. The van der Waals surface area contributed by atoms with Crippen molar-refractivity contribution in [3.05, 3.63) is 0 Å². The molecule has 3 atom stereocenters. The molecule has 5 nitrogen and oxygen atoms in total. The Morgan fingerprint density at radius 1 is 1.29 bits per heavy atom. The predicted molar refractivity (Wildman–Crippen MR) is 50.0 cm³/mol. The Kier molecular flexibility index (Phi) is 3.86. The van der Waals surface area contributed by atoms with Gasteiger partial charge in [-0.15, -0.1) is 0 Å². The van der Waals surface area contributed by atoms with E-state index in [1.54, 1.807) is 14.2 Å². The number of likely N-dealkylation sites (N-methyl/N-ethyl adjacent to an activating group) is 1. The van der Waals surface area contributed by atoms with Gasteiger partial charge in [-0.1, -0.05) is 0 Å². The second-order valence-electron chi connectivity index (χ2n) is 3.38. The molecule has 0 N–H and O–H groups in total. The second-order valence-corrected chi connectivity index (χ2v) is 3.38. The van der Waals surface area contributed by atoms with Crippen LogP contribution < -0.4 is 0 Å². The molecule has 1 rings (SSSR count). The lowest BCUT2D eigenvalue weighted by Gasteiger charge is -2.21. The maximum Gasteiger partial charge on any atom is 0.325 e. The third-order valence-corrected chi connectivity index (χ3v) is 2.64. The minimum Gasteiger partial charge on any atom is -0.468 e. The molecule has 5 heteroatoms. The van der Waals surface area contributed by atoms with E-state index in [1.165, 1.54) is 7.11 Å². The smallest absolute Gasteiger partial charge is 0.325 e. The molecule has 0 radical (unpaired) electrons. The number of carbonyl (C=O) groups excluding carboxylic acids is 1. The molecule has 0 aliphatic carbocycles. The SMILES string of the molecule is COC(=O)C1C(OC)C(OC)CN1C. The molecule has 82 valence electrons. The first-order valence-corrected chi connectivity index (χ1v) is 4.49. The van der Waals surface area contributed by atoms with Crippen LogP contribution in [0.25, 0.3) is 0 Å². The number of hydrogen-bond donors (Lipinski definition) is 0. The lowest BCUT2D eigenvalue weighted by atomic mass is 10.1. The van der Waals surface area contributed by atoms with E-state index >= 15 is 0 Å². The van der Waals surface area contributed by atoms with E-state index < -0.39 is 0 Å². The van der Waals surface area contributed by atoms with Gasteiger partial charge < -0.3 is 14.2 Å². The van der Waals surface area contributed by atoms with Crippen molar-refractivity contribution in [2.75, 3.05) is 34.9 Å². The van der Waals surface area contributed by atoms with Crippen LogP contribution in [-0.4, -0.2) is 64.0 Å². The monoisotopic (exact) mass is 203 g/mol. The van der Waals surface area contributed by atoms with E-state index in [-0.39, 0.29) is 24.2 Å². The van der Waals surface area contributed by atoms with Gasteiger partial charge in [0.15, 0.2) is 0 Å². The molecule has 1 fully saturated rings. The summed E-state index contributed by atoms with van der Waals surface area (Å²) in [6, 6.07) is -0.366. The van der Waals surface area contributed by atoms with Gasteiger partial charge in [-0.2, -0.15) is 0 Å². The number of hydrogen-bond acceptors (Lipinski definition) is 5. The van der Waals surface area contributed by atoms with Crippen molar-refractivity contribution < 1.29 is 19.0 Å². The van der Waals surface area contributed by atoms with Gasteiger partial charge >= 0.3 is 5.97 Å². The van der Waals surface area contributed by atoms with E-state index in [1.807, 2.05) is 11.9 Å². The Bertz CT molecular complexity index is 209. The summed E-state index contributed by atoms with van der Waals surface area (Å²) in [5.74, 6) is -0.279. The normalized spacial score (nSPS) is 33.3. The highest BCUT2D eigenvalue weighted by molar-refractivity contribution is 5.77. The topological polar surface area (TPSA) is 48.0 Å². The molecule has 0 saturated carbocycles. The molecule has 0 bridgehead atoms. The van der Waals surface area contributed by atoms with Gasteiger partial charge in [0, 0.05) is 20.8 Å². The van der Waals surface area contributed by atoms with Crippen molar-refractivity contribution in [3.63, 3.8) is 0 Å². The summed E-state index contributed by atoms with van der Waals surface area (Å²) in [7, 11) is 6.42. The zero-order valence-electron chi connectivity index (χ0n) is 9.02. The van der Waals surface area contributed by atoms with Crippen LogP contribution in [0.1, 0.15) is 0 Å². The summed E-state index contributed by atoms with van der Waals surface area (Å²) in [5.41, 5.74) is 0. The van der Waals surface area contributed by atoms with E-state index in [4.69, 9.17) is 14.2 Å². The van der Waals surface area contributed by atoms with Gasteiger partial charge in [0.05, 0.1) is 13.2 Å². The molecule has 0 aromatic carbocycles. The number of esters is 1. The standard InChI is InChI=1S/C9H17NO4/c1-10-5-6(12-2)8(13-3)7(10)9(11)14-4/h6-8H,5H2,1-4H3. The first-order valence-electron chi connectivity index (χ1n) is 4.49. The van der Waals surface area contributed by atoms with Crippen LogP contribution in [0.15, 0.2) is 0 Å². The highest BCUT2D eigenvalue weighted by atomic mass is 16.5. The Morgan fingerprint density at radius 2 is 1.93 bits per heavy atom. The van der Waals surface area contributed by atoms with Crippen LogP contribution >= 0.6 is 0 Å². The summed E-state index contributed by atoms with van der Waals surface area (Å²) in [4.78, 5) is 13.3. The highest BCUT2D eigenvalue weighted by Crippen LogP contribution is 2.22. The van der Waals surface area contributed by atoms with Gasteiger partial charge in [-0.25, -0.2) is 0 Å². The molecule has 14 heavy (non-hydrogen) atoms. The zero-order valence-corrected chi connectivity index (χ0v) is 9.02. The van der Waals surface area contributed by atoms with Crippen molar-refractivity contribution in [2.24, 2.45) is 0 Å². The minimum atomic E-state index is -0.366. The Balaban J connectivity index is 2.76. The third-order valence-electron chi connectivity index (χ3n) is 2.64. The maximum absolute atomic E-state index is 11.5. The lowest BCUT2D eigenvalue weighted by molar-refractivity contribution is -0.150. The number of carbonyl (C=O) groups is 1. The third kappa shape index (κ3) is 1.89. The predicted octanol–water partition coefficient (Wildman–Crippen LogP) is -0.497. The van der Waals surface area contributed by atoms with E-state index in [9.17, 15) is 4.79 Å². The Labute approximate surface area is 83.9 Å². The average molecular weight is 203 g/mol. The highest BCUT2D eigenvalue weighted by Gasteiger charge is 2.45. The first-order chi connectivity index (χ1) is 6.65. The fraction of sp³-hybridized carbons (Fsp3) is 0.889. The average Bonchev–Trinajstić information content (AvgIpc) is 2.53. The molecule has 0 aromatic heterocycles. The van der Waals surface area contributed by atoms with Crippen LogP contribution in [0.2, 0.25) is 0 Å². The van der Waals surface area contributed by atoms with Gasteiger partial charge in [0.25, 0.3) is 0 Å². The fourth-order valence-corrected chi connectivity index (χ4v) is 1.88. The van der Waals surface area contributed by atoms with E-state index in [2.05, 4.69) is 0 Å². The van der Waals surface area contributed by atoms with Gasteiger partial charge in [-0.3, -0.25) is 9.69 Å². The molecule has 1 aliphatic rings. The van der Waals surface area contributed by atoms with Crippen molar-refractivity contribution in [2.45, 2.75) is 18.2 Å². The van der Waals surface area contributed by atoms with Crippen LogP contribution in [0.3, 0.4) is 0 Å². The molecule has 1 heterocycles. The van der Waals surface area contributed by atoms with Gasteiger partial charge in [0.1, 0.15) is 12.1 Å². The van der Waals surface area contributed by atoms with Crippen LogP contribution in [0.5, 0.6) is 0 Å². The largest absolute Gasteiger partial charge is 0.468 e. The van der Waals surface area contributed by atoms with Crippen molar-refractivity contribution >= 4 is 5.97 Å². The minimum absolute atomic E-state index is 0.0749. The number of rotatable bonds is 3. The summed E-state index contributed by atoms with van der Waals surface area (Å²) in [5, 5.41) is 0.